The molecule has 0 saturated carbocycles. The smallest absolute Gasteiger partial charge is 0.119 e. The molecule has 1 heterocycles. The number of benzene rings is 1. The predicted octanol–water partition coefficient (Wildman–Crippen LogP) is 3.08. The molecule has 1 aromatic rings. The first kappa shape index (κ1) is 13.4. The zero-order valence-corrected chi connectivity index (χ0v) is 11.3. The van der Waals surface area contributed by atoms with Crippen LogP contribution in [0.1, 0.15) is 45.3 Å². The van der Waals surface area contributed by atoms with Crippen LogP contribution in [-0.4, -0.2) is 23.4 Å². The van der Waals surface area contributed by atoms with Crippen LogP contribution >= 0.6 is 0 Å². The molecule has 0 aromatic heterocycles. The highest BCUT2D eigenvalue weighted by molar-refractivity contribution is 5.29. The van der Waals surface area contributed by atoms with Crippen LogP contribution in [0.5, 0.6) is 5.75 Å². The van der Waals surface area contributed by atoms with Crippen LogP contribution in [0, 0.1) is 0 Å². The van der Waals surface area contributed by atoms with E-state index in [9.17, 15) is 5.11 Å². The summed E-state index contributed by atoms with van der Waals surface area (Å²) in [5.41, 5.74) is 0.857. The highest BCUT2D eigenvalue weighted by Crippen LogP contribution is 2.29. The summed E-state index contributed by atoms with van der Waals surface area (Å²) in [5, 5.41) is 9.52. The quantitative estimate of drug-likeness (QED) is 0.892. The van der Waals surface area contributed by atoms with Crippen molar-refractivity contribution in [3.63, 3.8) is 0 Å². The molecule has 3 nitrogen and oxygen atoms in total. The number of rotatable bonds is 4. The van der Waals surface area contributed by atoms with E-state index in [0.717, 1.165) is 24.2 Å². The molecule has 1 aromatic carbocycles. The Bertz CT molecular complexity index is 398. The summed E-state index contributed by atoms with van der Waals surface area (Å²) in [6.07, 6.45) is 1.84. The summed E-state index contributed by atoms with van der Waals surface area (Å²) in [6, 6.07) is 7.58. The SMILES string of the molecule is CC(O)c1cccc(OCC2CCC(C)(C)O2)c1. The highest BCUT2D eigenvalue weighted by Gasteiger charge is 2.31. The summed E-state index contributed by atoms with van der Waals surface area (Å²) in [5.74, 6) is 0.793. The van der Waals surface area contributed by atoms with Crippen LogP contribution in [0.2, 0.25) is 0 Å². The Hall–Kier alpha value is -1.06. The third-order valence-corrected chi connectivity index (χ3v) is 3.33. The molecular formula is C15H22O3. The van der Waals surface area contributed by atoms with Gasteiger partial charge in [0.05, 0.1) is 17.8 Å². The first-order chi connectivity index (χ1) is 8.46. The van der Waals surface area contributed by atoms with Gasteiger partial charge in [0, 0.05) is 0 Å². The molecule has 1 aliphatic heterocycles. The van der Waals surface area contributed by atoms with Crippen molar-refractivity contribution in [2.75, 3.05) is 6.61 Å². The van der Waals surface area contributed by atoms with E-state index in [1.165, 1.54) is 0 Å². The molecule has 1 aliphatic rings. The van der Waals surface area contributed by atoms with Crippen molar-refractivity contribution in [3.8, 4) is 5.75 Å². The van der Waals surface area contributed by atoms with E-state index >= 15 is 0 Å². The largest absolute Gasteiger partial charge is 0.491 e. The van der Waals surface area contributed by atoms with Crippen molar-refractivity contribution >= 4 is 0 Å². The Kier molecular flexibility index (Phi) is 3.93. The molecule has 2 unspecified atom stereocenters. The summed E-state index contributed by atoms with van der Waals surface area (Å²) in [6.45, 7) is 6.55. The maximum atomic E-state index is 9.52. The van der Waals surface area contributed by atoms with E-state index in [1.54, 1.807) is 6.92 Å². The van der Waals surface area contributed by atoms with Crippen LogP contribution in [0.4, 0.5) is 0 Å². The third-order valence-electron chi connectivity index (χ3n) is 3.33. The van der Waals surface area contributed by atoms with Gasteiger partial charge in [-0.3, -0.25) is 0 Å². The van der Waals surface area contributed by atoms with Gasteiger partial charge < -0.3 is 14.6 Å². The molecule has 0 bridgehead atoms. The molecule has 1 N–H and O–H groups in total. The van der Waals surface area contributed by atoms with Gasteiger partial charge in [-0.25, -0.2) is 0 Å². The Morgan fingerprint density at radius 1 is 1.50 bits per heavy atom. The second-order valence-electron chi connectivity index (χ2n) is 5.60. The van der Waals surface area contributed by atoms with E-state index in [2.05, 4.69) is 13.8 Å². The average molecular weight is 250 g/mol. The van der Waals surface area contributed by atoms with E-state index in [0.29, 0.717) is 6.61 Å². The Labute approximate surface area is 109 Å². The van der Waals surface area contributed by atoms with E-state index in [-0.39, 0.29) is 11.7 Å². The van der Waals surface area contributed by atoms with Gasteiger partial charge in [0.25, 0.3) is 0 Å². The van der Waals surface area contributed by atoms with Crippen LogP contribution < -0.4 is 4.74 Å². The van der Waals surface area contributed by atoms with Gasteiger partial charge in [-0.1, -0.05) is 12.1 Å². The van der Waals surface area contributed by atoms with E-state index < -0.39 is 6.10 Å². The normalized spacial score (nSPS) is 23.9. The van der Waals surface area contributed by atoms with Crippen molar-refractivity contribution < 1.29 is 14.6 Å². The molecule has 2 atom stereocenters. The van der Waals surface area contributed by atoms with Gasteiger partial charge in [0.1, 0.15) is 12.4 Å². The second-order valence-corrected chi connectivity index (χ2v) is 5.60. The van der Waals surface area contributed by atoms with Gasteiger partial charge in [0.2, 0.25) is 0 Å². The lowest BCUT2D eigenvalue weighted by molar-refractivity contribution is -0.0326. The molecule has 0 amide bonds. The van der Waals surface area contributed by atoms with Crippen LogP contribution in [0.15, 0.2) is 24.3 Å². The van der Waals surface area contributed by atoms with Crippen molar-refractivity contribution in [2.24, 2.45) is 0 Å². The zero-order chi connectivity index (χ0) is 13.2. The molecule has 0 aliphatic carbocycles. The Morgan fingerprint density at radius 2 is 2.28 bits per heavy atom. The molecule has 18 heavy (non-hydrogen) atoms. The van der Waals surface area contributed by atoms with Crippen molar-refractivity contribution in [3.05, 3.63) is 29.8 Å². The number of hydrogen-bond donors (Lipinski definition) is 1. The van der Waals surface area contributed by atoms with Crippen LogP contribution in [0.25, 0.3) is 0 Å². The van der Waals surface area contributed by atoms with E-state index in [4.69, 9.17) is 9.47 Å². The summed E-state index contributed by atoms with van der Waals surface area (Å²) < 4.78 is 11.6. The predicted molar refractivity (Wildman–Crippen MR) is 70.8 cm³/mol. The van der Waals surface area contributed by atoms with Gasteiger partial charge in [-0.15, -0.1) is 0 Å². The Balaban J connectivity index is 1.89. The molecule has 0 spiro atoms. The van der Waals surface area contributed by atoms with Crippen molar-refractivity contribution in [1.29, 1.82) is 0 Å². The summed E-state index contributed by atoms with van der Waals surface area (Å²) >= 11 is 0. The monoisotopic (exact) mass is 250 g/mol. The van der Waals surface area contributed by atoms with Gasteiger partial charge in [0.15, 0.2) is 0 Å². The fourth-order valence-electron chi connectivity index (χ4n) is 2.25. The lowest BCUT2D eigenvalue weighted by Crippen LogP contribution is -2.23. The fourth-order valence-corrected chi connectivity index (χ4v) is 2.25. The summed E-state index contributed by atoms with van der Waals surface area (Å²) in [4.78, 5) is 0. The molecule has 1 fully saturated rings. The Morgan fingerprint density at radius 3 is 2.89 bits per heavy atom. The number of ether oxygens (including phenoxy) is 2. The number of aliphatic hydroxyl groups is 1. The first-order valence-electron chi connectivity index (χ1n) is 6.55. The molecule has 0 radical (unpaired) electrons. The highest BCUT2D eigenvalue weighted by atomic mass is 16.6. The summed E-state index contributed by atoms with van der Waals surface area (Å²) in [7, 11) is 0. The van der Waals surface area contributed by atoms with Crippen LogP contribution in [-0.2, 0) is 4.74 Å². The fraction of sp³-hybridized carbons (Fsp3) is 0.600. The van der Waals surface area contributed by atoms with Gasteiger partial charge in [-0.2, -0.15) is 0 Å². The topological polar surface area (TPSA) is 38.7 Å². The zero-order valence-electron chi connectivity index (χ0n) is 11.3. The molecule has 2 rings (SSSR count). The number of aliphatic hydroxyl groups excluding tert-OH is 1. The first-order valence-corrected chi connectivity index (χ1v) is 6.55. The average Bonchev–Trinajstić information content (AvgIpc) is 2.67. The molecular weight excluding hydrogens is 228 g/mol. The lowest BCUT2D eigenvalue weighted by Gasteiger charge is -2.19. The third kappa shape index (κ3) is 3.47. The minimum absolute atomic E-state index is 0.0184. The molecule has 100 valence electrons. The van der Waals surface area contributed by atoms with Crippen molar-refractivity contribution in [1.82, 2.24) is 0 Å². The molecule has 3 heteroatoms. The maximum Gasteiger partial charge on any atom is 0.119 e. The standard InChI is InChI=1S/C15H22O3/c1-11(16)12-5-4-6-13(9-12)17-10-14-7-8-15(2,3)18-14/h4-6,9,11,14,16H,7-8,10H2,1-3H3. The lowest BCUT2D eigenvalue weighted by atomic mass is 10.1. The maximum absolute atomic E-state index is 9.52. The van der Waals surface area contributed by atoms with E-state index in [1.807, 2.05) is 24.3 Å². The van der Waals surface area contributed by atoms with Crippen molar-refractivity contribution in [2.45, 2.75) is 51.4 Å². The van der Waals surface area contributed by atoms with Gasteiger partial charge >= 0.3 is 0 Å². The molecule has 1 saturated heterocycles. The second kappa shape index (κ2) is 5.29. The minimum atomic E-state index is -0.463. The van der Waals surface area contributed by atoms with Gasteiger partial charge in [-0.05, 0) is 51.3 Å². The minimum Gasteiger partial charge on any atom is -0.491 e. The van der Waals surface area contributed by atoms with Crippen LogP contribution in [0.3, 0.4) is 0 Å². The number of hydrogen-bond acceptors (Lipinski definition) is 3.